The normalized spacial score (nSPS) is 9.66. The van der Waals surface area contributed by atoms with Crippen LogP contribution in [0.25, 0.3) is 0 Å². The summed E-state index contributed by atoms with van der Waals surface area (Å²) in [5, 5.41) is 0. The molecule has 0 aliphatic carbocycles. The van der Waals surface area contributed by atoms with Gasteiger partial charge in [-0.1, -0.05) is 96.2 Å². The van der Waals surface area contributed by atoms with Crippen LogP contribution in [0.1, 0.15) is 83.1 Å². The van der Waals surface area contributed by atoms with Crippen molar-refractivity contribution in [3.8, 4) is 0 Å². The van der Waals surface area contributed by atoms with Gasteiger partial charge < -0.3 is 27.7 Å². The summed E-state index contributed by atoms with van der Waals surface area (Å²) < 4.78 is 0. The molecule has 0 fully saturated rings. The molecule has 0 bridgehead atoms. The summed E-state index contributed by atoms with van der Waals surface area (Å²) in [6.45, 7) is 44.3. The standard InChI is InChI=1S/2C5H5.4C5H11.C2H6Si.2Hf/c2*1-2-4-5-3-1;4*1-5(2,3)4;1-3-2;;/h2*1-5H;4*1H2,2-4H3;1-2H3;;/q6*-1;;;. The molecule has 0 heterocycles. The van der Waals surface area contributed by atoms with E-state index in [1.54, 1.807) is 0 Å². The molecular formula is C32H60Hf2Si-6. The van der Waals surface area contributed by atoms with Gasteiger partial charge in [-0.15, -0.1) is 0 Å². The van der Waals surface area contributed by atoms with E-state index in [9.17, 15) is 0 Å². The number of hydrogen-bond acceptors (Lipinski definition) is 0. The van der Waals surface area contributed by atoms with Crippen molar-refractivity contribution >= 4 is 9.52 Å². The van der Waals surface area contributed by atoms with E-state index in [4.69, 9.17) is 0 Å². The Bertz CT molecular complexity index is 381. The van der Waals surface area contributed by atoms with Crippen LogP contribution in [0.2, 0.25) is 13.1 Å². The van der Waals surface area contributed by atoms with Crippen LogP contribution in [0, 0.1) is 49.4 Å². The Kier molecular flexibility index (Phi) is 46.0. The Labute approximate surface area is 265 Å². The zero-order valence-corrected chi connectivity index (χ0v) is 34.3. The Balaban J connectivity index is -0.0000000520. The Morgan fingerprint density at radius 1 is 0.429 bits per heavy atom. The molecule has 0 nitrogen and oxygen atoms in total. The second-order valence-corrected chi connectivity index (χ2v) is 13.7. The van der Waals surface area contributed by atoms with Crippen molar-refractivity contribution in [2.45, 2.75) is 96.2 Å². The minimum Gasteiger partial charge on any atom is -0.338 e. The minimum absolute atomic E-state index is 0. The molecule has 0 spiro atoms. The van der Waals surface area contributed by atoms with Gasteiger partial charge in [-0.25, -0.2) is 24.3 Å². The number of hydrogen-bond donors (Lipinski definition) is 0. The van der Waals surface area contributed by atoms with E-state index >= 15 is 0 Å². The zero-order chi connectivity index (χ0) is 27.8. The van der Waals surface area contributed by atoms with E-state index in [2.05, 4.69) is 124 Å². The fraction of sp³-hybridized carbons (Fsp3) is 0.562. The number of rotatable bonds is 0. The van der Waals surface area contributed by atoms with E-state index in [-0.39, 0.29) is 73.3 Å². The van der Waals surface area contributed by atoms with Crippen molar-refractivity contribution in [2.75, 3.05) is 0 Å². The first-order valence-corrected chi connectivity index (χ1v) is 13.7. The van der Waals surface area contributed by atoms with Gasteiger partial charge in [0.1, 0.15) is 0 Å². The topological polar surface area (TPSA) is 0 Å². The molecule has 0 saturated carbocycles. The molecule has 0 aromatic heterocycles. The molecule has 2 aromatic carbocycles. The molecule has 2 rings (SSSR count). The molecule has 35 heavy (non-hydrogen) atoms. The van der Waals surface area contributed by atoms with Gasteiger partial charge in [-0.2, -0.15) is 58.1 Å². The first-order chi connectivity index (χ1) is 14.4. The van der Waals surface area contributed by atoms with E-state index in [1.165, 1.54) is 0 Å². The summed E-state index contributed by atoms with van der Waals surface area (Å²) in [7, 11) is 1.08. The maximum Gasteiger partial charge on any atom is 0.0307 e. The van der Waals surface area contributed by atoms with Crippen LogP contribution >= 0.6 is 0 Å². The molecule has 0 saturated heterocycles. The molecule has 0 aliphatic rings. The van der Waals surface area contributed by atoms with Gasteiger partial charge in [0, 0.05) is 61.2 Å². The average Bonchev–Trinajstić information content (AvgIpc) is 3.21. The third-order valence-corrected chi connectivity index (χ3v) is 1.11. The largest absolute Gasteiger partial charge is 0.338 e. The molecule has 0 N–H and O–H groups in total. The van der Waals surface area contributed by atoms with Gasteiger partial charge in [-0.3, -0.25) is 0 Å². The quantitative estimate of drug-likeness (QED) is 0.183. The van der Waals surface area contributed by atoms with Gasteiger partial charge in [-0.05, 0) is 0 Å². The third kappa shape index (κ3) is 325. The Morgan fingerprint density at radius 3 is 0.543 bits per heavy atom. The van der Waals surface area contributed by atoms with E-state index in [1.807, 2.05) is 60.7 Å². The maximum absolute atomic E-state index is 3.77. The summed E-state index contributed by atoms with van der Waals surface area (Å²) in [6.07, 6.45) is 0. The monoisotopic (exact) mass is 832 g/mol. The van der Waals surface area contributed by atoms with Crippen molar-refractivity contribution in [2.24, 2.45) is 21.7 Å². The van der Waals surface area contributed by atoms with Gasteiger partial charge in [0.25, 0.3) is 0 Å². The van der Waals surface area contributed by atoms with Crippen molar-refractivity contribution in [3.05, 3.63) is 88.4 Å². The molecule has 3 heteroatoms. The first kappa shape index (κ1) is 52.2. The Morgan fingerprint density at radius 2 is 0.514 bits per heavy atom. The molecular weight excluding hydrogens is 769 g/mol. The van der Waals surface area contributed by atoms with Crippen molar-refractivity contribution in [1.29, 1.82) is 0 Å². The van der Waals surface area contributed by atoms with Crippen LogP contribution in [-0.4, -0.2) is 9.52 Å². The molecule has 2 aromatic rings. The molecule has 0 amide bonds. The first-order valence-electron chi connectivity index (χ1n) is 11.7. The van der Waals surface area contributed by atoms with Crippen LogP contribution in [0.5, 0.6) is 0 Å². The summed E-state index contributed by atoms with van der Waals surface area (Å²) >= 11 is 0. The molecule has 2 radical (unpaired) electrons. The van der Waals surface area contributed by atoms with Gasteiger partial charge >= 0.3 is 0 Å². The molecule has 0 atom stereocenters. The summed E-state index contributed by atoms with van der Waals surface area (Å²) in [5.74, 6) is 0. The summed E-state index contributed by atoms with van der Waals surface area (Å²) in [6, 6.07) is 20.0. The fourth-order valence-electron chi connectivity index (χ4n) is 0.642. The van der Waals surface area contributed by atoms with Crippen molar-refractivity contribution in [1.82, 2.24) is 0 Å². The van der Waals surface area contributed by atoms with Crippen LogP contribution in [0.15, 0.2) is 60.7 Å². The zero-order valence-electron chi connectivity index (χ0n) is 26.1. The Hall–Kier alpha value is 0.657. The van der Waals surface area contributed by atoms with Crippen LogP contribution in [0.4, 0.5) is 0 Å². The average molecular weight is 830 g/mol. The third-order valence-electron chi connectivity index (χ3n) is 1.11. The van der Waals surface area contributed by atoms with Crippen LogP contribution in [0.3, 0.4) is 0 Å². The SMILES string of the molecule is C[Si]C.[CH2-]C(C)(C)C.[CH2-]C(C)(C)C.[CH2-]C(C)(C)C.[CH2-]C(C)(C)C.[Hf].[Hf].c1cc[cH-]c1.c1cc[cH-]c1. The van der Waals surface area contributed by atoms with Gasteiger partial charge in [0.05, 0.1) is 0 Å². The summed E-state index contributed by atoms with van der Waals surface area (Å²) in [5.41, 5.74) is 1.00. The van der Waals surface area contributed by atoms with Gasteiger partial charge in [0.15, 0.2) is 0 Å². The van der Waals surface area contributed by atoms with Crippen molar-refractivity contribution in [3.63, 3.8) is 0 Å². The van der Waals surface area contributed by atoms with E-state index in [0.29, 0.717) is 0 Å². The van der Waals surface area contributed by atoms with Crippen LogP contribution in [-0.2, 0) is 51.7 Å². The second kappa shape index (κ2) is 30.9. The van der Waals surface area contributed by atoms with Gasteiger partial charge in [0.2, 0.25) is 0 Å². The summed E-state index contributed by atoms with van der Waals surface area (Å²) in [4.78, 5) is 0. The molecule has 206 valence electrons. The van der Waals surface area contributed by atoms with E-state index in [0.717, 1.165) is 9.52 Å². The molecule has 0 aliphatic heterocycles. The van der Waals surface area contributed by atoms with Crippen LogP contribution < -0.4 is 0 Å². The fourth-order valence-corrected chi connectivity index (χ4v) is 0.642. The van der Waals surface area contributed by atoms with E-state index < -0.39 is 0 Å². The minimum atomic E-state index is 0. The predicted octanol–water partition coefficient (Wildman–Crippen LogP) is 11.1. The smallest absolute Gasteiger partial charge is 0.0307 e. The van der Waals surface area contributed by atoms with Crippen molar-refractivity contribution < 1.29 is 51.7 Å². The predicted molar refractivity (Wildman–Crippen MR) is 161 cm³/mol. The maximum atomic E-state index is 3.77. The second-order valence-electron chi connectivity index (χ2n) is 12.7. The molecule has 0 unspecified atom stereocenters.